The van der Waals surface area contributed by atoms with Crippen LogP contribution in [-0.4, -0.2) is 53.0 Å². The van der Waals surface area contributed by atoms with E-state index < -0.39 is 23.3 Å². The quantitative estimate of drug-likeness (QED) is 0.459. The number of nitrogens with zero attached hydrogens (tertiary/aromatic N) is 3. The van der Waals surface area contributed by atoms with E-state index >= 15 is 0 Å². The van der Waals surface area contributed by atoms with Crippen molar-refractivity contribution >= 4 is 23.2 Å². The summed E-state index contributed by atoms with van der Waals surface area (Å²) in [6.07, 6.45) is 0.583. The first-order chi connectivity index (χ1) is 17.6. The Morgan fingerprint density at radius 1 is 1.27 bits per heavy atom. The molecule has 5 rings (SSSR count). The molecule has 3 aliphatic rings. The van der Waals surface area contributed by atoms with Crippen molar-refractivity contribution in [3.05, 3.63) is 51.7 Å². The molecule has 0 spiro atoms. The molecule has 0 saturated carbocycles. The maximum absolute atomic E-state index is 14.9. The number of nitrogens with one attached hydrogen (secondary N) is 1. The highest BCUT2D eigenvalue weighted by Crippen LogP contribution is 2.38. The second-order valence-corrected chi connectivity index (χ2v) is 11.2. The summed E-state index contributed by atoms with van der Waals surface area (Å²) in [6.45, 7) is 6.65. The van der Waals surface area contributed by atoms with Crippen molar-refractivity contribution in [3.63, 3.8) is 0 Å². The standard InChI is InChI=1S/C27H32ClF3N4O2/c1-27(2,19-5-3-4-17(23(19)29)24(30)31)34-25-18-12-15(13-20(18)32-26(28)33-25)6-7-22(36)16-8-9-35-10-11-37-14-21(16)35/h3-5,15-16,21,24H,6-14H2,1-2H3,(H,32,33,34). The van der Waals surface area contributed by atoms with E-state index in [-0.39, 0.29) is 28.7 Å². The maximum Gasteiger partial charge on any atom is 0.266 e. The number of benzene rings is 1. The summed E-state index contributed by atoms with van der Waals surface area (Å²) < 4.78 is 47.1. The van der Waals surface area contributed by atoms with E-state index in [9.17, 15) is 18.0 Å². The minimum absolute atomic E-state index is 0.0373. The van der Waals surface area contributed by atoms with Crippen LogP contribution in [0.25, 0.3) is 0 Å². The predicted octanol–water partition coefficient (Wildman–Crippen LogP) is 5.34. The first kappa shape index (κ1) is 26.4. The van der Waals surface area contributed by atoms with Crippen LogP contribution in [0, 0.1) is 17.7 Å². The van der Waals surface area contributed by atoms with Gasteiger partial charge in [0.1, 0.15) is 17.4 Å². The van der Waals surface area contributed by atoms with E-state index in [1.807, 2.05) is 0 Å². The molecule has 0 radical (unpaired) electrons. The molecule has 37 heavy (non-hydrogen) atoms. The number of morpholine rings is 1. The third-order valence-electron chi connectivity index (χ3n) is 8.09. The Hall–Kier alpha value is -2.23. The minimum Gasteiger partial charge on any atom is -0.378 e. The molecule has 0 amide bonds. The van der Waals surface area contributed by atoms with Gasteiger partial charge in [-0.15, -0.1) is 0 Å². The number of Topliss-reactive ketones (excluding diaryl/α,β-unsaturated/α-hetero) is 1. The smallest absolute Gasteiger partial charge is 0.266 e. The van der Waals surface area contributed by atoms with Crippen LogP contribution in [0.4, 0.5) is 19.0 Å². The topological polar surface area (TPSA) is 67.4 Å². The molecule has 2 saturated heterocycles. The summed E-state index contributed by atoms with van der Waals surface area (Å²) in [5.74, 6) is 0.0927. The number of alkyl halides is 2. The summed E-state index contributed by atoms with van der Waals surface area (Å²) in [7, 11) is 0. The van der Waals surface area contributed by atoms with Gasteiger partial charge in [-0.25, -0.2) is 23.1 Å². The lowest BCUT2D eigenvalue weighted by Crippen LogP contribution is -2.45. The lowest BCUT2D eigenvalue weighted by Gasteiger charge is -2.31. The summed E-state index contributed by atoms with van der Waals surface area (Å²) in [6, 6.07) is 4.22. The van der Waals surface area contributed by atoms with Gasteiger partial charge in [-0.05, 0) is 63.6 Å². The van der Waals surface area contributed by atoms with Gasteiger partial charge in [0.2, 0.25) is 5.28 Å². The molecule has 3 heterocycles. The average molecular weight is 537 g/mol. The number of hydrogen-bond donors (Lipinski definition) is 1. The zero-order valence-corrected chi connectivity index (χ0v) is 21.8. The molecule has 3 unspecified atom stereocenters. The molecule has 10 heteroatoms. The number of carbonyl (C=O) groups is 1. The van der Waals surface area contributed by atoms with E-state index in [1.54, 1.807) is 13.8 Å². The van der Waals surface area contributed by atoms with Crippen LogP contribution in [0.1, 0.15) is 61.9 Å². The molecule has 2 aliphatic heterocycles. The van der Waals surface area contributed by atoms with Crippen molar-refractivity contribution < 1.29 is 22.7 Å². The average Bonchev–Trinajstić information content (AvgIpc) is 3.46. The van der Waals surface area contributed by atoms with Crippen LogP contribution in [0.15, 0.2) is 18.2 Å². The molecule has 1 N–H and O–H groups in total. The Morgan fingerprint density at radius 2 is 2.08 bits per heavy atom. The second-order valence-electron chi connectivity index (χ2n) is 10.9. The molecule has 1 aliphatic carbocycles. The molecule has 1 aromatic heterocycles. The number of halogens is 4. The largest absolute Gasteiger partial charge is 0.378 e. The fourth-order valence-electron chi connectivity index (χ4n) is 6.10. The third kappa shape index (κ3) is 5.36. The fourth-order valence-corrected chi connectivity index (χ4v) is 6.29. The minimum atomic E-state index is -2.91. The van der Waals surface area contributed by atoms with E-state index in [0.29, 0.717) is 37.5 Å². The Morgan fingerprint density at radius 3 is 2.86 bits per heavy atom. The highest BCUT2D eigenvalue weighted by Gasteiger charge is 2.40. The van der Waals surface area contributed by atoms with Gasteiger partial charge in [0.25, 0.3) is 6.43 Å². The van der Waals surface area contributed by atoms with Crippen LogP contribution in [0.5, 0.6) is 0 Å². The van der Waals surface area contributed by atoms with Crippen molar-refractivity contribution in [2.45, 2.75) is 64.0 Å². The van der Waals surface area contributed by atoms with Crippen LogP contribution < -0.4 is 5.32 Å². The van der Waals surface area contributed by atoms with Gasteiger partial charge in [-0.1, -0.05) is 18.2 Å². The zero-order valence-electron chi connectivity index (χ0n) is 21.1. The summed E-state index contributed by atoms with van der Waals surface area (Å²) in [5.41, 5.74) is 0.142. The third-order valence-corrected chi connectivity index (χ3v) is 8.26. The van der Waals surface area contributed by atoms with Gasteiger partial charge in [0.15, 0.2) is 0 Å². The van der Waals surface area contributed by atoms with Gasteiger partial charge in [-0.3, -0.25) is 9.69 Å². The number of carbonyl (C=O) groups excluding carboxylic acids is 1. The zero-order chi connectivity index (χ0) is 26.3. The monoisotopic (exact) mass is 536 g/mol. The van der Waals surface area contributed by atoms with E-state index in [0.717, 1.165) is 49.9 Å². The first-order valence-corrected chi connectivity index (χ1v) is 13.3. The van der Waals surface area contributed by atoms with Crippen LogP contribution in [0.2, 0.25) is 5.28 Å². The van der Waals surface area contributed by atoms with Crippen molar-refractivity contribution in [2.75, 3.05) is 31.6 Å². The Bertz CT molecular complexity index is 1180. The van der Waals surface area contributed by atoms with Crippen LogP contribution in [0.3, 0.4) is 0 Å². The highest BCUT2D eigenvalue weighted by atomic mass is 35.5. The van der Waals surface area contributed by atoms with Crippen molar-refractivity contribution in [2.24, 2.45) is 11.8 Å². The lowest BCUT2D eigenvalue weighted by molar-refractivity contribution is -0.125. The number of rotatable bonds is 8. The maximum atomic E-state index is 14.9. The molecule has 6 nitrogen and oxygen atoms in total. The second kappa shape index (κ2) is 10.5. The number of aromatic nitrogens is 2. The number of fused-ring (bicyclic) bond motifs is 2. The van der Waals surface area contributed by atoms with Crippen molar-refractivity contribution in [3.8, 4) is 0 Å². The molecule has 3 atom stereocenters. The fraction of sp³-hybridized carbons (Fsp3) is 0.593. The van der Waals surface area contributed by atoms with E-state index in [2.05, 4.69) is 20.2 Å². The molecule has 200 valence electrons. The predicted molar refractivity (Wildman–Crippen MR) is 134 cm³/mol. The van der Waals surface area contributed by atoms with Gasteiger partial charge in [0, 0.05) is 36.1 Å². The number of ketones is 1. The lowest BCUT2D eigenvalue weighted by atomic mass is 9.89. The number of hydrogen-bond acceptors (Lipinski definition) is 6. The van der Waals surface area contributed by atoms with Gasteiger partial charge < -0.3 is 10.1 Å². The van der Waals surface area contributed by atoms with Crippen molar-refractivity contribution in [1.82, 2.24) is 14.9 Å². The van der Waals surface area contributed by atoms with Gasteiger partial charge in [-0.2, -0.15) is 0 Å². The molecular weight excluding hydrogens is 505 g/mol. The van der Waals surface area contributed by atoms with Crippen LogP contribution >= 0.6 is 11.6 Å². The van der Waals surface area contributed by atoms with Gasteiger partial charge in [0.05, 0.1) is 30.0 Å². The summed E-state index contributed by atoms with van der Waals surface area (Å²) >= 11 is 6.22. The Labute approximate surface area is 219 Å². The molecule has 2 aromatic rings. The first-order valence-electron chi connectivity index (χ1n) is 12.9. The summed E-state index contributed by atoms with van der Waals surface area (Å²) in [4.78, 5) is 24.2. The highest BCUT2D eigenvalue weighted by molar-refractivity contribution is 6.28. The molecule has 2 fully saturated rings. The number of anilines is 1. The Kier molecular flexibility index (Phi) is 7.49. The van der Waals surface area contributed by atoms with Crippen molar-refractivity contribution in [1.29, 1.82) is 0 Å². The number of ether oxygens (including phenoxy) is 1. The van der Waals surface area contributed by atoms with E-state index in [1.165, 1.54) is 12.1 Å². The normalized spacial score (nSPS) is 23.8. The Balaban J connectivity index is 1.27. The van der Waals surface area contributed by atoms with Gasteiger partial charge >= 0.3 is 0 Å². The molecular formula is C27H32ClF3N4O2. The van der Waals surface area contributed by atoms with Crippen LogP contribution in [-0.2, 0) is 27.9 Å². The molecule has 1 aromatic carbocycles. The SMILES string of the molecule is CC(C)(Nc1nc(Cl)nc2c1CC(CCC(=O)C1CCN3CCOCC13)C2)c1cccc(C(F)F)c1F. The van der Waals surface area contributed by atoms with E-state index in [4.69, 9.17) is 16.3 Å². The molecule has 0 bridgehead atoms. The summed E-state index contributed by atoms with van der Waals surface area (Å²) in [5, 5.41) is 3.31.